The van der Waals surface area contributed by atoms with Crippen LogP contribution in [0.25, 0.3) is 0 Å². The van der Waals surface area contributed by atoms with Crippen LogP contribution in [0.4, 0.5) is 10.1 Å². The predicted molar refractivity (Wildman–Crippen MR) is 57.7 cm³/mol. The van der Waals surface area contributed by atoms with Crippen molar-refractivity contribution in [1.82, 2.24) is 0 Å². The smallest absolute Gasteiger partial charge is 0.194 e. The van der Waals surface area contributed by atoms with Gasteiger partial charge in [0.25, 0.3) is 0 Å². The van der Waals surface area contributed by atoms with Crippen molar-refractivity contribution >= 4 is 15.5 Å². The summed E-state index contributed by atoms with van der Waals surface area (Å²) in [4.78, 5) is -0.215. The quantitative estimate of drug-likeness (QED) is 0.814. The SMILES string of the molecule is CCC(C#N)S(=O)(=O)c1ccc(N)c(F)c1. The fourth-order valence-electron chi connectivity index (χ4n) is 1.23. The van der Waals surface area contributed by atoms with Crippen molar-refractivity contribution in [2.24, 2.45) is 0 Å². The third-order valence-corrected chi connectivity index (χ3v) is 4.29. The Hall–Kier alpha value is -1.61. The molecule has 0 aliphatic carbocycles. The molecule has 0 radical (unpaired) electrons. The summed E-state index contributed by atoms with van der Waals surface area (Å²) in [5, 5.41) is 7.54. The van der Waals surface area contributed by atoms with E-state index in [2.05, 4.69) is 0 Å². The fourth-order valence-corrected chi connectivity index (χ4v) is 2.66. The van der Waals surface area contributed by atoms with Gasteiger partial charge in [0.2, 0.25) is 0 Å². The van der Waals surface area contributed by atoms with Crippen molar-refractivity contribution in [3.8, 4) is 6.07 Å². The topological polar surface area (TPSA) is 84.0 Å². The van der Waals surface area contributed by atoms with Gasteiger partial charge in [0.15, 0.2) is 15.1 Å². The summed E-state index contributed by atoms with van der Waals surface area (Å²) in [5.41, 5.74) is 5.12. The van der Waals surface area contributed by atoms with E-state index in [0.717, 1.165) is 6.07 Å². The van der Waals surface area contributed by atoms with Gasteiger partial charge in [-0.2, -0.15) is 5.26 Å². The van der Waals surface area contributed by atoms with Gasteiger partial charge in [0, 0.05) is 0 Å². The van der Waals surface area contributed by atoms with Crippen LogP contribution in [0.2, 0.25) is 0 Å². The van der Waals surface area contributed by atoms with Crippen molar-refractivity contribution in [1.29, 1.82) is 5.26 Å². The molecule has 1 aromatic rings. The molecule has 1 unspecified atom stereocenters. The Morgan fingerprint density at radius 3 is 2.62 bits per heavy atom. The highest BCUT2D eigenvalue weighted by molar-refractivity contribution is 7.92. The van der Waals surface area contributed by atoms with Crippen LogP contribution in [0.5, 0.6) is 0 Å². The van der Waals surface area contributed by atoms with Gasteiger partial charge in [-0.25, -0.2) is 12.8 Å². The lowest BCUT2D eigenvalue weighted by atomic mass is 10.3. The van der Waals surface area contributed by atoms with E-state index in [-0.39, 0.29) is 17.0 Å². The largest absolute Gasteiger partial charge is 0.396 e. The molecule has 0 amide bonds. The Labute approximate surface area is 93.4 Å². The van der Waals surface area contributed by atoms with Crippen molar-refractivity contribution in [2.75, 3.05) is 5.73 Å². The molecule has 0 bridgehead atoms. The minimum absolute atomic E-state index is 0.121. The van der Waals surface area contributed by atoms with E-state index >= 15 is 0 Å². The Balaban J connectivity index is 3.29. The maximum Gasteiger partial charge on any atom is 0.194 e. The first kappa shape index (κ1) is 12.5. The molecule has 0 aliphatic rings. The Morgan fingerprint density at radius 1 is 1.56 bits per heavy atom. The van der Waals surface area contributed by atoms with E-state index in [4.69, 9.17) is 11.0 Å². The summed E-state index contributed by atoms with van der Waals surface area (Å²) in [6.07, 6.45) is 0.158. The van der Waals surface area contributed by atoms with Crippen molar-refractivity contribution in [3.05, 3.63) is 24.0 Å². The predicted octanol–water partition coefficient (Wildman–Crippen LogP) is 1.48. The van der Waals surface area contributed by atoms with Crippen molar-refractivity contribution in [3.63, 3.8) is 0 Å². The normalized spacial score (nSPS) is 13.1. The minimum atomic E-state index is -3.80. The van der Waals surface area contributed by atoms with Crippen LogP contribution in [-0.2, 0) is 9.84 Å². The van der Waals surface area contributed by atoms with Crippen molar-refractivity contribution in [2.45, 2.75) is 23.5 Å². The Kier molecular flexibility index (Phi) is 3.50. The van der Waals surface area contributed by atoms with Gasteiger partial charge < -0.3 is 5.73 Å². The first-order valence-electron chi connectivity index (χ1n) is 4.62. The van der Waals surface area contributed by atoms with Gasteiger partial charge >= 0.3 is 0 Å². The summed E-state index contributed by atoms with van der Waals surface area (Å²) in [6, 6.07) is 4.90. The van der Waals surface area contributed by atoms with Gasteiger partial charge in [-0.1, -0.05) is 6.92 Å². The highest BCUT2D eigenvalue weighted by Crippen LogP contribution is 2.21. The third-order valence-electron chi connectivity index (χ3n) is 2.19. The van der Waals surface area contributed by atoms with Gasteiger partial charge in [-0.3, -0.25) is 0 Å². The number of halogens is 1. The molecule has 0 fully saturated rings. The summed E-state index contributed by atoms with van der Waals surface area (Å²) < 4.78 is 36.8. The van der Waals surface area contributed by atoms with Gasteiger partial charge in [-0.05, 0) is 24.6 Å². The van der Waals surface area contributed by atoms with Crippen LogP contribution in [0, 0.1) is 17.1 Å². The van der Waals surface area contributed by atoms with Gasteiger partial charge in [0.1, 0.15) is 5.82 Å². The lowest BCUT2D eigenvalue weighted by Crippen LogP contribution is -2.19. The molecular weight excluding hydrogens is 231 g/mol. The van der Waals surface area contributed by atoms with Crippen LogP contribution in [0.15, 0.2) is 23.1 Å². The second-order valence-corrected chi connectivity index (χ2v) is 5.38. The molecule has 1 atom stereocenters. The zero-order chi connectivity index (χ0) is 12.3. The number of nitrogens with two attached hydrogens (primary N) is 1. The molecule has 6 heteroatoms. The molecule has 0 aromatic heterocycles. The maximum atomic E-state index is 13.1. The summed E-state index contributed by atoms with van der Waals surface area (Å²) in [5.74, 6) is -0.797. The number of hydrogen-bond donors (Lipinski definition) is 1. The van der Waals surface area contributed by atoms with Crippen LogP contribution in [-0.4, -0.2) is 13.7 Å². The maximum absolute atomic E-state index is 13.1. The molecule has 4 nitrogen and oxygen atoms in total. The molecular formula is C10H11FN2O2S. The zero-order valence-corrected chi connectivity index (χ0v) is 9.46. The Morgan fingerprint density at radius 2 is 2.19 bits per heavy atom. The van der Waals surface area contributed by atoms with Crippen LogP contribution < -0.4 is 5.73 Å². The summed E-state index contributed by atoms with van der Waals surface area (Å²) >= 11 is 0. The molecule has 0 saturated heterocycles. The van der Waals surface area contributed by atoms with Crippen molar-refractivity contribution < 1.29 is 12.8 Å². The first-order valence-corrected chi connectivity index (χ1v) is 6.16. The minimum Gasteiger partial charge on any atom is -0.396 e. The molecule has 0 aliphatic heterocycles. The van der Waals surface area contributed by atoms with Crippen LogP contribution in [0.1, 0.15) is 13.3 Å². The molecule has 0 spiro atoms. The monoisotopic (exact) mass is 242 g/mol. The average molecular weight is 242 g/mol. The molecule has 2 N–H and O–H groups in total. The molecule has 0 heterocycles. The Bertz CT molecular complexity index is 534. The van der Waals surface area contributed by atoms with E-state index in [1.165, 1.54) is 12.1 Å². The number of anilines is 1. The van der Waals surface area contributed by atoms with Crippen LogP contribution >= 0.6 is 0 Å². The molecule has 0 saturated carbocycles. The number of nitrogens with zero attached hydrogens (tertiary/aromatic N) is 1. The number of hydrogen-bond acceptors (Lipinski definition) is 4. The van der Waals surface area contributed by atoms with E-state index in [0.29, 0.717) is 0 Å². The number of benzene rings is 1. The first-order chi connectivity index (χ1) is 7.43. The van der Waals surface area contributed by atoms with E-state index in [1.54, 1.807) is 13.0 Å². The number of sulfone groups is 1. The van der Waals surface area contributed by atoms with E-state index < -0.39 is 20.9 Å². The number of nitrogen functional groups attached to an aromatic ring is 1. The molecule has 16 heavy (non-hydrogen) atoms. The second-order valence-electron chi connectivity index (χ2n) is 3.25. The molecule has 1 rings (SSSR count). The summed E-state index contributed by atoms with van der Waals surface area (Å²) in [7, 11) is -3.80. The van der Waals surface area contributed by atoms with Gasteiger partial charge in [0.05, 0.1) is 16.7 Å². The second kappa shape index (κ2) is 4.49. The third kappa shape index (κ3) is 2.14. The highest BCUT2D eigenvalue weighted by Gasteiger charge is 2.26. The number of rotatable bonds is 3. The fraction of sp³-hybridized carbons (Fsp3) is 0.300. The zero-order valence-electron chi connectivity index (χ0n) is 8.64. The summed E-state index contributed by atoms with van der Waals surface area (Å²) in [6.45, 7) is 1.58. The van der Waals surface area contributed by atoms with E-state index in [9.17, 15) is 12.8 Å². The van der Waals surface area contributed by atoms with E-state index in [1.807, 2.05) is 0 Å². The molecule has 1 aromatic carbocycles. The van der Waals surface area contributed by atoms with Crippen LogP contribution in [0.3, 0.4) is 0 Å². The lowest BCUT2D eigenvalue weighted by Gasteiger charge is -2.08. The average Bonchev–Trinajstić information content (AvgIpc) is 2.23. The van der Waals surface area contributed by atoms with Gasteiger partial charge in [-0.15, -0.1) is 0 Å². The standard InChI is InChI=1S/C10H11FN2O2S/c1-2-7(6-12)16(14,15)8-3-4-10(13)9(11)5-8/h3-5,7H,2,13H2,1H3. The highest BCUT2D eigenvalue weighted by atomic mass is 32.2. The molecule has 86 valence electrons. The lowest BCUT2D eigenvalue weighted by molar-refractivity contribution is 0.583. The number of nitriles is 1.